The Morgan fingerprint density at radius 2 is 2.19 bits per heavy atom. The lowest BCUT2D eigenvalue weighted by atomic mass is 10.1. The van der Waals surface area contributed by atoms with E-state index in [1.165, 1.54) is 12.8 Å². The van der Waals surface area contributed by atoms with Crippen molar-refractivity contribution in [3.8, 4) is 0 Å². The molecule has 1 rings (SSSR count). The molecule has 1 heterocycles. The van der Waals surface area contributed by atoms with Crippen LogP contribution in [-0.4, -0.2) is 50.5 Å². The van der Waals surface area contributed by atoms with Crippen LogP contribution in [0.3, 0.4) is 0 Å². The lowest BCUT2D eigenvalue weighted by Gasteiger charge is -2.30. The van der Waals surface area contributed by atoms with Crippen molar-refractivity contribution in [1.29, 1.82) is 0 Å². The second-order valence-electron chi connectivity index (χ2n) is 5.13. The molecule has 1 aliphatic rings. The molecule has 96 valence electrons. The van der Waals surface area contributed by atoms with Gasteiger partial charge in [-0.25, -0.2) is 0 Å². The molecule has 0 N–H and O–H groups in total. The van der Waals surface area contributed by atoms with Crippen LogP contribution in [-0.2, 0) is 9.47 Å². The van der Waals surface area contributed by atoms with E-state index in [1.807, 2.05) is 0 Å². The summed E-state index contributed by atoms with van der Waals surface area (Å²) in [7, 11) is 0. The van der Waals surface area contributed by atoms with E-state index in [9.17, 15) is 0 Å². The van der Waals surface area contributed by atoms with E-state index < -0.39 is 0 Å². The highest BCUT2D eigenvalue weighted by Gasteiger charge is 2.15. The Morgan fingerprint density at radius 1 is 1.38 bits per heavy atom. The Labute approximate surface area is 100 Å². The number of morpholine rings is 1. The van der Waals surface area contributed by atoms with Crippen molar-refractivity contribution >= 4 is 0 Å². The van der Waals surface area contributed by atoms with E-state index in [4.69, 9.17) is 9.47 Å². The summed E-state index contributed by atoms with van der Waals surface area (Å²) < 4.78 is 11.1. The van der Waals surface area contributed by atoms with E-state index in [1.54, 1.807) is 0 Å². The van der Waals surface area contributed by atoms with Gasteiger partial charge in [-0.15, -0.1) is 0 Å². The van der Waals surface area contributed by atoms with E-state index >= 15 is 0 Å². The molecular formula is C13H27NO2. The maximum absolute atomic E-state index is 5.64. The molecule has 1 saturated heterocycles. The van der Waals surface area contributed by atoms with Crippen LogP contribution in [0.15, 0.2) is 0 Å². The lowest BCUT2D eigenvalue weighted by molar-refractivity contribution is -0.0271. The molecule has 0 aromatic carbocycles. The lowest BCUT2D eigenvalue weighted by Crippen LogP contribution is -2.42. The molecule has 1 aliphatic heterocycles. The van der Waals surface area contributed by atoms with Crippen LogP contribution >= 0.6 is 0 Å². The van der Waals surface area contributed by atoms with Crippen molar-refractivity contribution in [3.63, 3.8) is 0 Å². The number of hydrogen-bond donors (Lipinski definition) is 0. The summed E-state index contributed by atoms with van der Waals surface area (Å²) in [5, 5.41) is 0. The highest BCUT2D eigenvalue weighted by Crippen LogP contribution is 2.05. The molecule has 1 fully saturated rings. The maximum Gasteiger partial charge on any atom is 0.0674 e. The van der Waals surface area contributed by atoms with Gasteiger partial charge in [0.2, 0.25) is 0 Å². The minimum absolute atomic E-state index is 0.384. The fourth-order valence-corrected chi connectivity index (χ4v) is 1.98. The number of nitrogens with zero attached hydrogens (tertiary/aromatic N) is 1. The summed E-state index contributed by atoms with van der Waals surface area (Å²) in [6.45, 7) is 12.5. The Morgan fingerprint density at radius 3 is 2.88 bits per heavy atom. The molecule has 1 atom stereocenters. The number of rotatable bonds is 7. The largest absolute Gasteiger partial charge is 0.380 e. The molecule has 0 aromatic rings. The monoisotopic (exact) mass is 229 g/mol. The van der Waals surface area contributed by atoms with Crippen molar-refractivity contribution in [2.45, 2.75) is 39.7 Å². The van der Waals surface area contributed by atoms with Crippen LogP contribution < -0.4 is 0 Å². The van der Waals surface area contributed by atoms with Crippen LogP contribution in [0.4, 0.5) is 0 Å². The molecule has 1 unspecified atom stereocenters. The van der Waals surface area contributed by atoms with Crippen molar-refractivity contribution in [3.05, 3.63) is 0 Å². The molecule has 3 heteroatoms. The molecule has 0 saturated carbocycles. The topological polar surface area (TPSA) is 21.7 Å². The third-order valence-corrected chi connectivity index (χ3v) is 2.95. The van der Waals surface area contributed by atoms with Crippen LogP contribution in [0.25, 0.3) is 0 Å². The fraction of sp³-hybridized carbons (Fsp3) is 1.00. The molecule has 3 nitrogen and oxygen atoms in total. The summed E-state index contributed by atoms with van der Waals surface area (Å²) in [6, 6.07) is 0. The SMILES string of the molecule is CC(C)CCCOCCN1CCOC(C)C1. The Hall–Kier alpha value is -0.120. The highest BCUT2D eigenvalue weighted by molar-refractivity contribution is 4.67. The van der Waals surface area contributed by atoms with Gasteiger partial charge in [0, 0.05) is 26.2 Å². The van der Waals surface area contributed by atoms with Gasteiger partial charge >= 0.3 is 0 Å². The molecule has 0 spiro atoms. The van der Waals surface area contributed by atoms with Crippen molar-refractivity contribution in [2.24, 2.45) is 5.92 Å². The zero-order chi connectivity index (χ0) is 11.8. The van der Waals surface area contributed by atoms with E-state index in [0.717, 1.165) is 45.4 Å². The standard InChI is InChI=1S/C13H27NO2/c1-12(2)5-4-8-15-9-6-14-7-10-16-13(3)11-14/h12-13H,4-11H2,1-3H3. The first-order valence-corrected chi connectivity index (χ1v) is 6.60. The van der Waals surface area contributed by atoms with Crippen molar-refractivity contribution in [1.82, 2.24) is 4.90 Å². The van der Waals surface area contributed by atoms with Gasteiger partial charge in [-0.1, -0.05) is 13.8 Å². The van der Waals surface area contributed by atoms with Gasteiger partial charge < -0.3 is 9.47 Å². The molecule has 0 amide bonds. The van der Waals surface area contributed by atoms with Crippen LogP contribution in [0.2, 0.25) is 0 Å². The molecule has 0 radical (unpaired) electrons. The summed E-state index contributed by atoms with van der Waals surface area (Å²) in [5.74, 6) is 0.795. The van der Waals surface area contributed by atoms with Gasteiger partial charge in [0.05, 0.1) is 19.3 Å². The first kappa shape index (κ1) is 13.9. The molecular weight excluding hydrogens is 202 g/mol. The predicted molar refractivity (Wildman–Crippen MR) is 66.7 cm³/mol. The van der Waals surface area contributed by atoms with Gasteiger partial charge in [-0.05, 0) is 25.7 Å². The average molecular weight is 229 g/mol. The van der Waals surface area contributed by atoms with E-state index in [-0.39, 0.29) is 0 Å². The van der Waals surface area contributed by atoms with Gasteiger partial charge in [0.1, 0.15) is 0 Å². The smallest absolute Gasteiger partial charge is 0.0674 e. The number of hydrogen-bond acceptors (Lipinski definition) is 3. The van der Waals surface area contributed by atoms with Crippen LogP contribution in [0, 0.1) is 5.92 Å². The maximum atomic E-state index is 5.64. The highest BCUT2D eigenvalue weighted by atomic mass is 16.5. The van der Waals surface area contributed by atoms with Gasteiger partial charge in [-0.2, -0.15) is 0 Å². The predicted octanol–water partition coefficient (Wildman–Crippen LogP) is 2.16. The first-order valence-electron chi connectivity index (χ1n) is 6.60. The normalized spacial score (nSPS) is 22.9. The summed E-state index contributed by atoms with van der Waals surface area (Å²) in [5.41, 5.74) is 0. The average Bonchev–Trinajstić information content (AvgIpc) is 2.23. The van der Waals surface area contributed by atoms with Crippen molar-refractivity contribution in [2.75, 3.05) is 39.5 Å². The minimum Gasteiger partial charge on any atom is -0.380 e. The van der Waals surface area contributed by atoms with E-state index in [2.05, 4.69) is 25.7 Å². The fourth-order valence-electron chi connectivity index (χ4n) is 1.98. The van der Waals surface area contributed by atoms with E-state index in [0.29, 0.717) is 6.10 Å². The Balaban J connectivity index is 1.90. The second-order valence-corrected chi connectivity index (χ2v) is 5.13. The van der Waals surface area contributed by atoms with Crippen molar-refractivity contribution < 1.29 is 9.47 Å². The minimum atomic E-state index is 0.384. The van der Waals surface area contributed by atoms with Gasteiger partial charge in [-0.3, -0.25) is 4.90 Å². The van der Waals surface area contributed by atoms with Gasteiger partial charge in [0.15, 0.2) is 0 Å². The number of ether oxygens (including phenoxy) is 2. The zero-order valence-electron chi connectivity index (χ0n) is 11.1. The van der Waals surface area contributed by atoms with Crippen LogP contribution in [0.1, 0.15) is 33.6 Å². The quantitative estimate of drug-likeness (QED) is 0.624. The summed E-state index contributed by atoms with van der Waals surface area (Å²) in [4.78, 5) is 2.43. The Bertz CT molecular complexity index is 173. The summed E-state index contributed by atoms with van der Waals surface area (Å²) in [6.07, 6.45) is 2.85. The molecule has 0 aromatic heterocycles. The molecule has 0 bridgehead atoms. The summed E-state index contributed by atoms with van der Waals surface area (Å²) >= 11 is 0. The van der Waals surface area contributed by atoms with Gasteiger partial charge in [0.25, 0.3) is 0 Å². The van der Waals surface area contributed by atoms with Crippen LogP contribution in [0.5, 0.6) is 0 Å². The second kappa shape index (κ2) is 8.04. The Kier molecular flexibility index (Phi) is 7.01. The third-order valence-electron chi connectivity index (χ3n) is 2.95. The molecule has 16 heavy (non-hydrogen) atoms. The molecule has 0 aliphatic carbocycles. The third kappa shape index (κ3) is 6.46. The zero-order valence-corrected chi connectivity index (χ0v) is 11.1. The first-order chi connectivity index (χ1) is 7.68.